The summed E-state index contributed by atoms with van der Waals surface area (Å²) in [6, 6.07) is 1.14. The van der Waals surface area contributed by atoms with Gasteiger partial charge in [0, 0.05) is 13.0 Å². The van der Waals surface area contributed by atoms with Gasteiger partial charge in [0.1, 0.15) is 6.04 Å². The van der Waals surface area contributed by atoms with E-state index in [2.05, 4.69) is 5.32 Å². The summed E-state index contributed by atoms with van der Waals surface area (Å²) in [5, 5.41) is 19.9. The van der Waals surface area contributed by atoms with Gasteiger partial charge in [-0.3, -0.25) is 4.79 Å². The number of carboxylic acids is 1. The van der Waals surface area contributed by atoms with E-state index in [1.54, 1.807) is 0 Å². The van der Waals surface area contributed by atoms with E-state index in [1.165, 1.54) is 0 Å². The van der Waals surface area contributed by atoms with Gasteiger partial charge in [0.2, 0.25) is 5.91 Å². The first kappa shape index (κ1) is 14.5. The number of hydrogen-bond donors (Lipinski definition) is 2. The molecule has 0 saturated carbocycles. The second-order valence-electron chi connectivity index (χ2n) is 4.36. The molecule has 0 aromatic rings. The predicted molar refractivity (Wildman–Crippen MR) is 62.6 cm³/mol. The lowest BCUT2D eigenvalue weighted by Crippen LogP contribution is -2.43. The number of unbranched alkanes of at least 4 members (excludes halogenated alkanes) is 2. The number of aliphatic carboxylic acids is 1. The molecule has 6 heteroatoms. The normalized spacial score (nSPS) is 20.1. The summed E-state index contributed by atoms with van der Waals surface area (Å²) < 4.78 is 5.09. The fourth-order valence-corrected chi connectivity index (χ4v) is 1.84. The van der Waals surface area contributed by atoms with Crippen molar-refractivity contribution in [3.05, 3.63) is 0 Å². The standard InChI is InChI=1S/C12H18N2O4/c13-6-3-1-2-4-10(12(16)17)14-11(15)9-5-7-18-8-9/h9-10H,1-5,7-8H2,(H,14,15)(H,16,17)/t9-,10+/m1/s1. The van der Waals surface area contributed by atoms with Gasteiger partial charge < -0.3 is 15.2 Å². The van der Waals surface area contributed by atoms with Gasteiger partial charge in [-0.1, -0.05) is 0 Å². The van der Waals surface area contributed by atoms with Crippen molar-refractivity contribution in [2.75, 3.05) is 13.2 Å². The third-order valence-corrected chi connectivity index (χ3v) is 2.95. The molecule has 6 nitrogen and oxygen atoms in total. The van der Waals surface area contributed by atoms with Crippen LogP contribution in [0, 0.1) is 17.2 Å². The maximum Gasteiger partial charge on any atom is 0.326 e. The number of carboxylic acid groups (broad SMARTS) is 1. The summed E-state index contributed by atoms with van der Waals surface area (Å²) in [7, 11) is 0. The number of nitrogens with zero attached hydrogens (tertiary/aromatic N) is 1. The minimum absolute atomic E-state index is 0.231. The Morgan fingerprint density at radius 3 is 2.83 bits per heavy atom. The molecule has 0 aromatic heterocycles. The van der Waals surface area contributed by atoms with Crippen molar-refractivity contribution < 1.29 is 19.4 Å². The van der Waals surface area contributed by atoms with Gasteiger partial charge in [-0.15, -0.1) is 0 Å². The molecular formula is C12H18N2O4. The molecule has 1 saturated heterocycles. The minimum Gasteiger partial charge on any atom is -0.480 e. The Hall–Kier alpha value is -1.61. The maximum atomic E-state index is 11.7. The number of carbonyl (C=O) groups excluding carboxylic acids is 1. The molecule has 2 atom stereocenters. The number of carbonyl (C=O) groups is 2. The lowest BCUT2D eigenvalue weighted by molar-refractivity contribution is -0.142. The number of hydrogen-bond acceptors (Lipinski definition) is 4. The third-order valence-electron chi connectivity index (χ3n) is 2.95. The van der Waals surface area contributed by atoms with Gasteiger partial charge in [0.05, 0.1) is 18.6 Å². The molecule has 1 fully saturated rings. The Morgan fingerprint density at radius 2 is 2.28 bits per heavy atom. The Labute approximate surface area is 106 Å². The van der Waals surface area contributed by atoms with Crippen LogP contribution in [0.3, 0.4) is 0 Å². The van der Waals surface area contributed by atoms with E-state index in [9.17, 15) is 9.59 Å². The topological polar surface area (TPSA) is 99.4 Å². The van der Waals surface area contributed by atoms with E-state index < -0.39 is 12.0 Å². The third kappa shape index (κ3) is 4.72. The van der Waals surface area contributed by atoms with Crippen LogP contribution >= 0.6 is 0 Å². The molecule has 1 aliphatic heterocycles. The molecule has 2 N–H and O–H groups in total. The first-order valence-corrected chi connectivity index (χ1v) is 6.13. The van der Waals surface area contributed by atoms with Crippen LogP contribution in [0.1, 0.15) is 32.1 Å². The van der Waals surface area contributed by atoms with Gasteiger partial charge in [-0.25, -0.2) is 4.79 Å². The Bertz CT molecular complexity index is 331. The Morgan fingerprint density at radius 1 is 1.50 bits per heavy atom. The van der Waals surface area contributed by atoms with Crippen molar-refractivity contribution in [1.82, 2.24) is 5.32 Å². The van der Waals surface area contributed by atoms with Gasteiger partial charge >= 0.3 is 5.97 Å². The fourth-order valence-electron chi connectivity index (χ4n) is 1.84. The zero-order valence-electron chi connectivity index (χ0n) is 10.2. The number of ether oxygens (including phenoxy) is 1. The lowest BCUT2D eigenvalue weighted by Gasteiger charge is -2.16. The number of rotatable bonds is 7. The van der Waals surface area contributed by atoms with Crippen molar-refractivity contribution in [3.63, 3.8) is 0 Å². The summed E-state index contributed by atoms with van der Waals surface area (Å²) >= 11 is 0. The monoisotopic (exact) mass is 254 g/mol. The molecule has 1 aliphatic rings. The first-order valence-electron chi connectivity index (χ1n) is 6.13. The number of amides is 1. The Balaban J connectivity index is 2.34. The van der Waals surface area contributed by atoms with Crippen molar-refractivity contribution >= 4 is 11.9 Å². The van der Waals surface area contributed by atoms with E-state index in [0.29, 0.717) is 45.3 Å². The smallest absolute Gasteiger partial charge is 0.326 e. The maximum absolute atomic E-state index is 11.7. The van der Waals surface area contributed by atoms with Crippen LogP contribution in [0.2, 0.25) is 0 Å². The van der Waals surface area contributed by atoms with Crippen LogP contribution in [0.25, 0.3) is 0 Å². The first-order chi connectivity index (χ1) is 8.65. The summed E-state index contributed by atoms with van der Waals surface area (Å²) in [5.41, 5.74) is 0. The average molecular weight is 254 g/mol. The van der Waals surface area contributed by atoms with E-state index in [4.69, 9.17) is 15.1 Å². The molecule has 0 aromatic carbocycles. The largest absolute Gasteiger partial charge is 0.480 e. The quantitative estimate of drug-likeness (QED) is 0.651. The zero-order valence-corrected chi connectivity index (χ0v) is 10.2. The van der Waals surface area contributed by atoms with Crippen molar-refractivity contribution in [3.8, 4) is 6.07 Å². The highest BCUT2D eigenvalue weighted by atomic mass is 16.5. The summed E-state index contributed by atoms with van der Waals surface area (Å²) in [6.07, 6.45) is 2.69. The lowest BCUT2D eigenvalue weighted by atomic mass is 10.1. The molecule has 1 amide bonds. The second-order valence-corrected chi connectivity index (χ2v) is 4.36. The molecule has 100 valence electrons. The number of nitriles is 1. The van der Waals surface area contributed by atoms with Crippen molar-refractivity contribution in [1.29, 1.82) is 5.26 Å². The summed E-state index contributed by atoms with van der Waals surface area (Å²) in [5.74, 6) is -1.51. The molecule has 0 spiro atoms. The van der Waals surface area contributed by atoms with E-state index >= 15 is 0 Å². The minimum atomic E-state index is -1.03. The van der Waals surface area contributed by atoms with Crippen molar-refractivity contribution in [2.24, 2.45) is 5.92 Å². The summed E-state index contributed by atoms with van der Waals surface area (Å²) in [4.78, 5) is 22.7. The van der Waals surface area contributed by atoms with E-state index in [0.717, 1.165) is 0 Å². The highest BCUT2D eigenvalue weighted by Gasteiger charge is 2.27. The molecule has 0 unspecified atom stereocenters. The molecule has 1 rings (SSSR count). The molecule has 0 radical (unpaired) electrons. The SMILES string of the molecule is N#CCCCC[C@H](NC(=O)[C@@H]1CCOC1)C(=O)O. The van der Waals surface area contributed by atoms with Crippen LogP contribution in [-0.2, 0) is 14.3 Å². The van der Waals surface area contributed by atoms with Gasteiger partial charge in [-0.05, 0) is 25.7 Å². The fraction of sp³-hybridized carbons (Fsp3) is 0.750. The molecule has 18 heavy (non-hydrogen) atoms. The van der Waals surface area contributed by atoms with E-state index in [-0.39, 0.29) is 11.8 Å². The van der Waals surface area contributed by atoms with Crippen LogP contribution in [-0.4, -0.2) is 36.2 Å². The molecule has 0 aliphatic carbocycles. The number of nitrogens with one attached hydrogen (secondary N) is 1. The van der Waals surface area contributed by atoms with Gasteiger partial charge in [-0.2, -0.15) is 5.26 Å². The summed E-state index contributed by atoms with van der Waals surface area (Å²) in [6.45, 7) is 0.921. The van der Waals surface area contributed by atoms with Crippen LogP contribution in [0.4, 0.5) is 0 Å². The molecular weight excluding hydrogens is 236 g/mol. The van der Waals surface area contributed by atoms with Gasteiger partial charge in [0.15, 0.2) is 0 Å². The molecule has 1 heterocycles. The average Bonchev–Trinajstić information content (AvgIpc) is 2.86. The predicted octanol–water partition coefficient (Wildman–Crippen LogP) is 0.676. The van der Waals surface area contributed by atoms with E-state index in [1.807, 2.05) is 6.07 Å². The second kappa shape index (κ2) is 7.67. The van der Waals surface area contributed by atoms with Crippen LogP contribution in [0.5, 0.6) is 0 Å². The zero-order chi connectivity index (χ0) is 13.4. The van der Waals surface area contributed by atoms with Gasteiger partial charge in [0.25, 0.3) is 0 Å². The highest BCUT2D eigenvalue weighted by molar-refractivity contribution is 5.85. The van der Waals surface area contributed by atoms with Crippen LogP contribution < -0.4 is 5.32 Å². The van der Waals surface area contributed by atoms with Crippen molar-refractivity contribution in [2.45, 2.75) is 38.1 Å². The highest BCUT2D eigenvalue weighted by Crippen LogP contribution is 2.13. The molecule has 0 bridgehead atoms. The Kier molecular flexibility index (Phi) is 6.15. The van der Waals surface area contributed by atoms with Crippen LogP contribution in [0.15, 0.2) is 0 Å².